The predicted molar refractivity (Wildman–Crippen MR) is 149 cm³/mol. The molecule has 208 valence electrons. The number of amides is 4. The second-order valence-electron chi connectivity index (χ2n) is 11.0. The van der Waals surface area contributed by atoms with Crippen molar-refractivity contribution in [2.24, 2.45) is 5.92 Å². The molecule has 0 radical (unpaired) electrons. The van der Waals surface area contributed by atoms with Crippen molar-refractivity contribution in [2.75, 3.05) is 26.2 Å². The van der Waals surface area contributed by atoms with Gasteiger partial charge in [-0.3, -0.25) is 19.2 Å². The van der Waals surface area contributed by atoms with Crippen molar-refractivity contribution in [3.05, 3.63) is 71.8 Å². The number of nitrogens with one attached hydrogen (secondary N) is 1. The van der Waals surface area contributed by atoms with Crippen LogP contribution in [0.5, 0.6) is 0 Å². The second kappa shape index (κ2) is 13.4. The van der Waals surface area contributed by atoms with E-state index in [1.807, 2.05) is 60.7 Å². The number of piperazine rings is 2. The van der Waals surface area contributed by atoms with Crippen molar-refractivity contribution in [1.82, 2.24) is 20.0 Å². The van der Waals surface area contributed by atoms with Gasteiger partial charge in [-0.1, -0.05) is 74.5 Å². The molecular formula is C31H40N4O4. The van der Waals surface area contributed by atoms with Gasteiger partial charge in [-0.25, -0.2) is 0 Å². The zero-order valence-electron chi connectivity index (χ0n) is 23.1. The zero-order valence-corrected chi connectivity index (χ0v) is 23.1. The Morgan fingerprint density at radius 1 is 0.769 bits per heavy atom. The Morgan fingerprint density at radius 3 is 2.10 bits per heavy atom. The third-order valence-electron chi connectivity index (χ3n) is 7.64. The maximum atomic E-state index is 13.2. The van der Waals surface area contributed by atoms with Crippen LogP contribution >= 0.6 is 0 Å². The summed E-state index contributed by atoms with van der Waals surface area (Å²) in [6.07, 6.45) is 3.81. The van der Waals surface area contributed by atoms with E-state index in [2.05, 4.69) is 19.2 Å². The highest BCUT2D eigenvalue weighted by Crippen LogP contribution is 2.21. The SMILES string of the molecule is CC(C)C[C@H]1CN(CCCC[C@@H]2CNC(=O)C(=O)N2Cc2ccccc2)C(=O)C(=O)N1CCc1ccccc1. The van der Waals surface area contributed by atoms with Gasteiger partial charge in [-0.15, -0.1) is 0 Å². The third-order valence-corrected chi connectivity index (χ3v) is 7.64. The number of rotatable bonds is 12. The van der Waals surface area contributed by atoms with Crippen LogP contribution in [0.15, 0.2) is 60.7 Å². The molecule has 2 aromatic rings. The van der Waals surface area contributed by atoms with Gasteiger partial charge in [0.05, 0.1) is 6.04 Å². The van der Waals surface area contributed by atoms with Crippen molar-refractivity contribution in [2.45, 2.75) is 64.6 Å². The Morgan fingerprint density at radius 2 is 1.44 bits per heavy atom. The van der Waals surface area contributed by atoms with Gasteiger partial charge in [0.25, 0.3) is 0 Å². The minimum absolute atomic E-state index is 0.00598. The molecule has 39 heavy (non-hydrogen) atoms. The Kier molecular flexibility index (Phi) is 9.74. The number of nitrogens with zero attached hydrogens (tertiary/aromatic N) is 3. The molecule has 2 fully saturated rings. The fourth-order valence-corrected chi connectivity index (χ4v) is 5.59. The molecule has 4 rings (SSSR count). The fraction of sp³-hybridized carbons (Fsp3) is 0.484. The Labute approximate surface area is 231 Å². The van der Waals surface area contributed by atoms with E-state index in [1.54, 1.807) is 14.7 Å². The van der Waals surface area contributed by atoms with Crippen molar-refractivity contribution in [3.63, 3.8) is 0 Å². The van der Waals surface area contributed by atoms with E-state index in [-0.39, 0.29) is 12.1 Å². The first-order chi connectivity index (χ1) is 18.8. The molecule has 1 N–H and O–H groups in total. The molecule has 0 aromatic heterocycles. The Bertz CT molecular complexity index is 1140. The standard InChI is InChI=1S/C31H40N4O4/c1-23(2)19-27-22-33(30(38)31(39)34(27)18-16-24-11-5-3-6-12-24)17-10-9-15-26-20-32-28(36)29(37)35(26)21-25-13-7-4-8-14-25/h3-8,11-14,23,26-27H,9-10,15-22H2,1-2H3,(H,32,36)/t26-,27+/m1/s1. The molecule has 0 aliphatic carbocycles. The first-order valence-corrected chi connectivity index (χ1v) is 14.1. The molecule has 2 heterocycles. The van der Waals surface area contributed by atoms with Crippen LogP contribution in [0.2, 0.25) is 0 Å². The van der Waals surface area contributed by atoms with Crippen molar-refractivity contribution >= 4 is 23.6 Å². The molecule has 8 heteroatoms. The van der Waals surface area contributed by atoms with Crippen LogP contribution in [0, 0.1) is 5.92 Å². The summed E-state index contributed by atoms with van der Waals surface area (Å²) in [4.78, 5) is 56.0. The highest BCUT2D eigenvalue weighted by atomic mass is 16.2. The van der Waals surface area contributed by atoms with E-state index in [9.17, 15) is 19.2 Å². The summed E-state index contributed by atoms with van der Waals surface area (Å²) >= 11 is 0. The summed E-state index contributed by atoms with van der Waals surface area (Å²) in [6, 6.07) is 19.6. The number of carbonyl (C=O) groups is 4. The number of unbranched alkanes of at least 4 members (excludes halogenated alkanes) is 1. The van der Waals surface area contributed by atoms with Crippen LogP contribution < -0.4 is 5.32 Å². The maximum Gasteiger partial charge on any atom is 0.312 e. The van der Waals surface area contributed by atoms with E-state index in [1.165, 1.54) is 0 Å². The van der Waals surface area contributed by atoms with Gasteiger partial charge in [-0.05, 0) is 49.1 Å². The lowest BCUT2D eigenvalue weighted by molar-refractivity contribution is -0.159. The third kappa shape index (κ3) is 7.46. The zero-order chi connectivity index (χ0) is 27.8. The molecule has 0 saturated carbocycles. The average molecular weight is 533 g/mol. The van der Waals surface area contributed by atoms with E-state index in [0.717, 1.165) is 36.8 Å². The molecule has 8 nitrogen and oxygen atoms in total. The lowest BCUT2D eigenvalue weighted by Crippen LogP contribution is -2.60. The second-order valence-corrected chi connectivity index (χ2v) is 11.0. The minimum Gasteiger partial charge on any atom is -0.346 e. The monoisotopic (exact) mass is 532 g/mol. The lowest BCUT2D eigenvalue weighted by Gasteiger charge is -2.41. The number of hydrogen-bond acceptors (Lipinski definition) is 4. The molecule has 2 saturated heterocycles. The Balaban J connectivity index is 1.32. The van der Waals surface area contributed by atoms with Crippen LogP contribution in [0.1, 0.15) is 50.7 Å². The maximum absolute atomic E-state index is 13.2. The summed E-state index contributed by atoms with van der Waals surface area (Å²) in [5.74, 6) is -1.48. The molecule has 2 aliphatic heterocycles. The predicted octanol–water partition coefficient (Wildman–Crippen LogP) is 3.01. The number of carbonyl (C=O) groups excluding carboxylic acids is 4. The van der Waals surface area contributed by atoms with Crippen LogP contribution in [-0.4, -0.2) is 76.6 Å². The van der Waals surface area contributed by atoms with Gasteiger partial charge < -0.3 is 20.0 Å². The van der Waals surface area contributed by atoms with Crippen molar-refractivity contribution < 1.29 is 19.2 Å². The van der Waals surface area contributed by atoms with E-state index in [0.29, 0.717) is 45.1 Å². The largest absolute Gasteiger partial charge is 0.346 e. The first-order valence-electron chi connectivity index (χ1n) is 14.1. The average Bonchev–Trinajstić information content (AvgIpc) is 2.93. The number of hydrogen-bond donors (Lipinski definition) is 1. The first kappa shape index (κ1) is 28.3. The number of benzene rings is 2. The van der Waals surface area contributed by atoms with Crippen molar-refractivity contribution in [1.29, 1.82) is 0 Å². The van der Waals surface area contributed by atoms with Gasteiger partial charge in [-0.2, -0.15) is 0 Å². The van der Waals surface area contributed by atoms with Gasteiger partial charge >= 0.3 is 23.6 Å². The molecule has 4 amide bonds. The highest BCUT2D eigenvalue weighted by Gasteiger charge is 2.39. The lowest BCUT2D eigenvalue weighted by atomic mass is 9.98. The molecule has 2 atom stereocenters. The molecule has 2 aliphatic rings. The smallest absolute Gasteiger partial charge is 0.312 e. The van der Waals surface area contributed by atoms with Gasteiger partial charge in [0, 0.05) is 38.8 Å². The van der Waals surface area contributed by atoms with Crippen LogP contribution in [-0.2, 0) is 32.1 Å². The molecule has 2 aromatic carbocycles. The highest BCUT2D eigenvalue weighted by molar-refractivity contribution is 6.36. The molecule has 0 bridgehead atoms. The summed E-state index contributed by atoms with van der Waals surface area (Å²) in [5, 5.41) is 2.71. The summed E-state index contributed by atoms with van der Waals surface area (Å²) < 4.78 is 0. The van der Waals surface area contributed by atoms with Crippen LogP contribution in [0.25, 0.3) is 0 Å². The van der Waals surface area contributed by atoms with Crippen LogP contribution in [0.3, 0.4) is 0 Å². The summed E-state index contributed by atoms with van der Waals surface area (Å²) in [7, 11) is 0. The summed E-state index contributed by atoms with van der Waals surface area (Å²) in [5.41, 5.74) is 2.14. The molecule has 0 spiro atoms. The Hall–Kier alpha value is -3.68. The molecule has 0 unspecified atom stereocenters. The minimum atomic E-state index is -0.562. The topological polar surface area (TPSA) is 90.0 Å². The van der Waals surface area contributed by atoms with Gasteiger partial charge in [0.2, 0.25) is 0 Å². The molecular weight excluding hydrogens is 492 g/mol. The van der Waals surface area contributed by atoms with Crippen molar-refractivity contribution in [3.8, 4) is 0 Å². The van der Waals surface area contributed by atoms with Gasteiger partial charge in [0.15, 0.2) is 0 Å². The van der Waals surface area contributed by atoms with E-state index < -0.39 is 23.6 Å². The van der Waals surface area contributed by atoms with E-state index >= 15 is 0 Å². The fourth-order valence-electron chi connectivity index (χ4n) is 5.59. The van der Waals surface area contributed by atoms with Crippen LogP contribution in [0.4, 0.5) is 0 Å². The van der Waals surface area contributed by atoms with Gasteiger partial charge in [0.1, 0.15) is 0 Å². The quantitative estimate of drug-likeness (QED) is 0.336. The van der Waals surface area contributed by atoms with E-state index in [4.69, 9.17) is 0 Å². The normalized spacial score (nSPS) is 20.1. The summed E-state index contributed by atoms with van der Waals surface area (Å²) in [6.45, 7) is 6.71.